The lowest BCUT2D eigenvalue weighted by Gasteiger charge is -2.19. The number of likely N-dealkylation sites (N-methyl/N-ethyl adjacent to an activating group) is 1. The summed E-state index contributed by atoms with van der Waals surface area (Å²) in [5, 5.41) is 25.7. The number of nitrogens with zero attached hydrogens (tertiary/aromatic N) is 5. The SMILES string of the molecule is C[C@@H](O)CNc1nc2nnnn2c2sc3c(c12)CC[NH+](C)C3. The molecule has 0 bridgehead atoms. The van der Waals surface area contributed by atoms with Gasteiger partial charge >= 0.3 is 0 Å². The number of rotatable bonds is 3. The summed E-state index contributed by atoms with van der Waals surface area (Å²) in [6.45, 7) is 4.34. The number of quaternary nitrogens is 1. The van der Waals surface area contributed by atoms with Crippen molar-refractivity contribution in [3.63, 3.8) is 0 Å². The molecule has 22 heavy (non-hydrogen) atoms. The van der Waals surface area contributed by atoms with E-state index in [1.54, 1.807) is 22.8 Å². The van der Waals surface area contributed by atoms with Crippen molar-refractivity contribution in [1.29, 1.82) is 0 Å². The number of aromatic nitrogens is 5. The first-order chi connectivity index (χ1) is 10.6. The number of anilines is 1. The summed E-state index contributed by atoms with van der Waals surface area (Å²) in [4.78, 5) is 8.46. The molecule has 3 N–H and O–H groups in total. The number of thiophene rings is 1. The predicted molar refractivity (Wildman–Crippen MR) is 83.3 cm³/mol. The average molecular weight is 320 g/mol. The largest absolute Gasteiger partial charge is 0.392 e. The molecule has 116 valence electrons. The number of aliphatic hydroxyl groups is 1. The first-order valence-corrected chi connectivity index (χ1v) is 8.20. The van der Waals surface area contributed by atoms with Gasteiger partial charge in [-0.3, -0.25) is 0 Å². The number of fused-ring (bicyclic) bond motifs is 5. The van der Waals surface area contributed by atoms with Gasteiger partial charge in [0, 0.05) is 13.0 Å². The maximum Gasteiger partial charge on any atom is 0.276 e. The zero-order valence-corrected chi connectivity index (χ0v) is 13.3. The highest BCUT2D eigenvalue weighted by Gasteiger charge is 2.26. The minimum atomic E-state index is -0.436. The monoisotopic (exact) mass is 320 g/mol. The van der Waals surface area contributed by atoms with E-state index in [2.05, 4.69) is 32.9 Å². The molecule has 9 heteroatoms. The Bertz CT molecular complexity index is 840. The zero-order valence-electron chi connectivity index (χ0n) is 12.5. The topological polar surface area (TPSA) is 92.7 Å². The van der Waals surface area contributed by atoms with Crippen molar-refractivity contribution in [2.45, 2.75) is 26.0 Å². The Kier molecular flexibility index (Phi) is 3.21. The number of hydrogen-bond donors (Lipinski definition) is 3. The molecule has 0 saturated heterocycles. The third kappa shape index (κ3) is 2.13. The van der Waals surface area contributed by atoms with Crippen LogP contribution in [0, 0.1) is 0 Å². The van der Waals surface area contributed by atoms with Crippen LogP contribution < -0.4 is 10.2 Å². The smallest absolute Gasteiger partial charge is 0.276 e. The van der Waals surface area contributed by atoms with Crippen LogP contribution >= 0.6 is 11.3 Å². The molecule has 0 aromatic carbocycles. The van der Waals surface area contributed by atoms with Crippen LogP contribution in [0.4, 0.5) is 5.82 Å². The van der Waals surface area contributed by atoms with Crippen LogP contribution in [0.1, 0.15) is 17.4 Å². The normalized spacial score (nSPS) is 19.5. The van der Waals surface area contributed by atoms with Gasteiger partial charge in [-0.25, -0.2) is 0 Å². The zero-order chi connectivity index (χ0) is 15.3. The van der Waals surface area contributed by atoms with E-state index >= 15 is 0 Å². The van der Waals surface area contributed by atoms with Crippen LogP contribution in [0.2, 0.25) is 0 Å². The lowest BCUT2D eigenvalue weighted by molar-refractivity contribution is -0.895. The average Bonchev–Trinajstić information content (AvgIpc) is 3.07. The number of nitrogens with one attached hydrogen (secondary N) is 2. The van der Waals surface area contributed by atoms with Crippen molar-refractivity contribution >= 4 is 33.1 Å². The number of aliphatic hydroxyl groups excluding tert-OH is 1. The van der Waals surface area contributed by atoms with Crippen molar-refractivity contribution in [3.8, 4) is 0 Å². The third-order valence-electron chi connectivity index (χ3n) is 4.00. The molecule has 3 aromatic heterocycles. The summed E-state index contributed by atoms with van der Waals surface area (Å²) in [5.74, 6) is 1.26. The Hall–Kier alpha value is -1.84. The number of tetrazole rings is 1. The highest BCUT2D eigenvalue weighted by atomic mass is 32.1. The molecule has 4 rings (SSSR count). The summed E-state index contributed by atoms with van der Waals surface area (Å²) in [6, 6.07) is 0. The Morgan fingerprint density at radius 1 is 1.50 bits per heavy atom. The van der Waals surface area contributed by atoms with Gasteiger partial charge in [0.15, 0.2) is 0 Å². The lowest BCUT2D eigenvalue weighted by Crippen LogP contribution is -3.08. The van der Waals surface area contributed by atoms with Crippen LogP contribution in [0.3, 0.4) is 0 Å². The molecule has 1 aliphatic rings. The lowest BCUT2D eigenvalue weighted by atomic mass is 10.1. The fourth-order valence-electron chi connectivity index (χ4n) is 2.91. The predicted octanol–water partition coefficient (Wildman–Crippen LogP) is -0.902. The van der Waals surface area contributed by atoms with Crippen molar-refractivity contribution in [1.82, 2.24) is 25.0 Å². The molecule has 0 aliphatic carbocycles. The van der Waals surface area contributed by atoms with E-state index in [0.717, 1.165) is 35.5 Å². The highest BCUT2D eigenvalue weighted by molar-refractivity contribution is 7.19. The third-order valence-corrected chi connectivity index (χ3v) is 5.20. The summed E-state index contributed by atoms with van der Waals surface area (Å²) in [5.41, 5.74) is 1.35. The minimum absolute atomic E-state index is 0.436. The van der Waals surface area contributed by atoms with E-state index in [1.165, 1.54) is 15.3 Å². The van der Waals surface area contributed by atoms with Gasteiger partial charge in [0.05, 0.1) is 30.0 Å². The van der Waals surface area contributed by atoms with Crippen LogP contribution in [0.15, 0.2) is 0 Å². The molecule has 8 nitrogen and oxygen atoms in total. The summed E-state index contributed by atoms with van der Waals surface area (Å²) in [7, 11) is 2.21. The van der Waals surface area contributed by atoms with Crippen LogP contribution in [0.25, 0.3) is 16.0 Å². The molecule has 0 spiro atoms. The Balaban J connectivity index is 1.95. The fraction of sp³-hybridized carbons (Fsp3) is 0.538. The number of hydrogen-bond acceptors (Lipinski definition) is 7. The molecular formula is C13H18N7OS+. The van der Waals surface area contributed by atoms with E-state index < -0.39 is 6.10 Å². The van der Waals surface area contributed by atoms with Gasteiger partial charge in [-0.15, -0.1) is 11.3 Å². The standard InChI is InChI=1S/C13H17N7OS/c1-7(21)5-14-11-10-8-3-4-19(2)6-9(8)22-12(10)20-13(15-11)16-17-18-20/h7,21H,3-6H2,1-2H3,(H,14,15,16,18)/p+1/t7-/m1/s1. The molecule has 1 unspecified atom stereocenters. The summed E-state index contributed by atoms with van der Waals surface area (Å²) >= 11 is 1.74. The van der Waals surface area contributed by atoms with Crippen molar-refractivity contribution in [3.05, 3.63) is 10.4 Å². The minimum Gasteiger partial charge on any atom is -0.392 e. The van der Waals surface area contributed by atoms with Gasteiger partial charge in [-0.1, -0.05) is 5.10 Å². The molecule has 2 atom stereocenters. The second kappa shape index (κ2) is 5.11. The molecule has 0 amide bonds. The maximum atomic E-state index is 9.55. The van der Waals surface area contributed by atoms with E-state index in [0.29, 0.717) is 12.3 Å². The van der Waals surface area contributed by atoms with Crippen molar-refractivity contribution in [2.24, 2.45) is 0 Å². The second-order valence-corrected chi connectivity index (χ2v) is 6.98. The molecule has 3 aromatic rings. The van der Waals surface area contributed by atoms with Crippen molar-refractivity contribution < 1.29 is 10.0 Å². The molecule has 0 saturated carbocycles. The van der Waals surface area contributed by atoms with Gasteiger partial charge in [0.25, 0.3) is 5.78 Å². The Labute approximate surface area is 130 Å². The van der Waals surface area contributed by atoms with E-state index in [4.69, 9.17) is 0 Å². The van der Waals surface area contributed by atoms with E-state index in [-0.39, 0.29) is 0 Å². The molecule has 0 fully saturated rings. The Morgan fingerprint density at radius 2 is 2.36 bits per heavy atom. The highest BCUT2D eigenvalue weighted by Crippen LogP contribution is 2.36. The second-order valence-electron chi connectivity index (χ2n) is 5.90. The molecule has 4 heterocycles. The van der Waals surface area contributed by atoms with Gasteiger partial charge < -0.3 is 15.3 Å². The molecule has 0 radical (unpaired) electrons. The van der Waals surface area contributed by atoms with Crippen molar-refractivity contribution in [2.75, 3.05) is 25.5 Å². The van der Waals surface area contributed by atoms with E-state index in [9.17, 15) is 5.11 Å². The van der Waals surface area contributed by atoms with Gasteiger partial charge in [-0.2, -0.15) is 9.50 Å². The fourth-order valence-corrected chi connectivity index (χ4v) is 4.32. The van der Waals surface area contributed by atoms with Gasteiger partial charge in [0.1, 0.15) is 17.2 Å². The summed E-state index contributed by atoms with van der Waals surface area (Å²) in [6.07, 6.45) is 0.592. The summed E-state index contributed by atoms with van der Waals surface area (Å²) < 4.78 is 1.71. The van der Waals surface area contributed by atoms with Gasteiger partial charge in [-0.05, 0) is 22.9 Å². The van der Waals surface area contributed by atoms with Crippen LogP contribution in [0.5, 0.6) is 0 Å². The first-order valence-electron chi connectivity index (χ1n) is 7.39. The molecule has 1 aliphatic heterocycles. The van der Waals surface area contributed by atoms with E-state index in [1.807, 2.05) is 0 Å². The molecular weight excluding hydrogens is 302 g/mol. The van der Waals surface area contributed by atoms with Gasteiger partial charge in [0.2, 0.25) is 0 Å². The quantitative estimate of drug-likeness (QED) is 0.579. The van der Waals surface area contributed by atoms with Crippen LogP contribution in [-0.2, 0) is 13.0 Å². The first kappa shape index (κ1) is 13.8. The van der Waals surface area contributed by atoms with Crippen LogP contribution in [-0.4, -0.2) is 56.4 Å². The maximum absolute atomic E-state index is 9.55. The Morgan fingerprint density at radius 3 is 3.18 bits per heavy atom.